The third-order valence-corrected chi connectivity index (χ3v) is 5.35. The van der Waals surface area contributed by atoms with Gasteiger partial charge in [0.25, 0.3) is 5.91 Å². The van der Waals surface area contributed by atoms with E-state index in [0.29, 0.717) is 18.2 Å². The second kappa shape index (κ2) is 10.3. The molecule has 1 aromatic heterocycles. The van der Waals surface area contributed by atoms with Crippen LogP contribution >= 0.6 is 0 Å². The maximum Gasteiger partial charge on any atom is 0.284 e. The van der Waals surface area contributed by atoms with Gasteiger partial charge in [0.2, 0.25) is 0 Å². The number of furan rings is 1. The first-order chi connectivity index (χ1) is 14.5. The van der Waals surface area contributed by atoms with Crippen molar-refractivity contribution in [3.05, 3.63) is 59.0 Å². The van der Waals surface area contributed by atoms with Crippen molar-refractivity contribution in [2.75, 3.05) is 32.7 Å². The number of primary amides is 1. The van der Waals surface area contributed by atoms with Crippen LogP contribution in [-0.4, -0.2) is 54.4 Å². The average molecular weight is 412 g/mol. The Morgan fingerprint density at radius 3 is 2.40 bits per heavy atom. The predicted octanol–water partition coefficient (Wildman–Crippen LogP) is 2.79. The molecule has 7 heteroatoms. The first-order valence-electron chi connectivity index (χ1n) is 10.7. The highest BCUT2D eigenvalue weighted by Crippen LogP contribution is 2.16. The van der Waals surface area contributed by atoms with Gasteiger partial charge in [-0.15, -0.1) is 0 Å². The van der Waals surface area contributed by atoms with Crippen molar-refractivity contribution in [1.29, 1.82) is 0 Å². The summed E-state index contributed by atoms with van der Waals surface area (Å²) in [6, 6.07) is 12.3. The standard InChI is InChI=1S/C23H33N5O2/c1-4-25-23(26-15-20-9-10-21(30-20)22(24)29)28-13-11-27(12-14-28)16-18-5-7-19(8-6-18)17(2)3/h5-10,17H,4,11-16H2,1-3H3,(H2,24,29)(H,25,26). The van der Waals surface area contributed by atoms with Crippen molar-refractivity contribution < 1.29 is 9.21 Å². The normalized spacial score (nSPS) is 15.6. The summed E-state index contributed by atoms with van der Waals surface area (Å²) in [6.07, 6.45) is 0. The molecule has 0 saturated carbocycles. The molecule has 0 atom stereocenters. The Kier molecular flexibility index (Phi) is 7.52. The molecule has 1 aromatic carbocycles. The third-order valence-electron chi connectivity index (χ3n) is 5.35. The van der Waals surface area contributed by atoms with E-state index >= 15 is 0 Å². The molecule has 30 heavy (non-hydrogen) atoms. The van der Waals surface area contributed by atoms with Gasteiger partial charge in [-0.25, -0.2) is 4.99 Å². The Balaban J connectivity index is 1.54. The minimum atomic E-state index is -0.563. The number of rotatable bonds is 7. The summed E-state index contributed by atoms with van der Waals surface area (Å²) in [7, 11) is 0. The first kappa shape index (κ1) is 21.9. The van der Waals surface area contributed by atoms with Crippen LogP contribution in [0.3, 0.4) is 0 Å². The molecule has 1 amide bonds. The molecule has 1 fully saturated rings. The van der Waals surface area contributed by atoms with Crippen molar-refractivity contribution in [2.45, 2.75) is 39.8 Å². The lowest BCUT2D eigenvalue weighted by Gasteiger charge is -2.36. The Morgan fingerprint density at radius 1 is 1.13 bits per heavy atom. The van der Waals surface area contributed by atoms with Crippen LogP contribution in [0.25, 0.3) is 0 Å². The van der Waals surface area contributed by atoms with Gasteiger partial charge in [0.15, 0.2) is 11.7 Å². The maximum absolute atomic E-state index is 11.2. The fourth-order valence-electron chi connectivity index (χ4n) is 3.56. The summed E-state index contributed by atoms with van der Waals surface area (Å²) >= 11 is 0. The highest BCUT2D eigenvalue weighted by atomic mass is 16.3. The predicted molar refractivity (Wildman–Crippen MR) is 119 cm³/mol. The Hall–Kier alpha value is -2.80. The van der Waals surface area contributed by atoms with Gasteiger partial charge in [-0.1, -0.05) is 38.1 Å². The van der Waals surface area contributed by atoms with E-state index in [9.17, 15) is 4.79 Å². The lowest BCUT2D eigenvalue weighted by molar-refractivity contribution is 0.0972. The van der Waals surface area contributed by atoms with E-state index in [-0.39, 0.29) is 5.76 Å². The molecule has 0 spiro atoms. The highest BCUT2D eigenvalue weighted by Gasteiger charge is 2.20. The van der Waals surface area contributed by atoms with E-state index in [2.05, 4.69) is 65.1 Å². The minimum Gasteiger partial charge on any atom is -0.454 e. The number of aliphatic imine (C=N–C) groups is 1. The molecular formula is C23H33N5O2. The number of piperazine rings is 1. The molecule has 2 heterocycles. The van der Waals surface area contributed by atoms with Gasteiger partial charge in [-0.2, -0.15) is 0 Å². The second-order valence-corrected chi connectivity index (χ2v) is 7.96. The van der Waals surface area contributed by atoms with E-state index in [4.69, 9.17) is 10.2 Å². The van der Waals surface area contributed by atoms with Gasteiger partial charge in [-0.05, 0) is 36.1 Å². The number of hydrogen-bond donors (Lipinski definition) is 2. The summed E-state index contributed by atoms with van der Waals surface area (Å²) < 4.78 is 5.43. The summed E-state index contributed by atoms with van der Waals surface area (Å²) in [6.45, 7) is 12.5. The number of guanidine groups is 1. The molecule has 1 aliphatic rings. The van der Waals surface area contributed by atoms with Crippen LogP contribution in [0.2, 0.25) is 0 Å². The van der Waals surface area contributed by atoms with Crippen LogP contribution in [0, 0.1) is 0 Å². The fraction of sp³-hybridized carbons (Fsp3) is 0.478. The molecule has 162 valence electrons. The molecule has 0 bridgehead atoms. The summed E-state index contributed by atoms with van der Waals surface area (Å²) in [4.78, 5) is 20.6. The molecule has 7 nitrogen and oxygen atoms in total. The van der Waals surface area contributed by atoms with Gasteiger partial charge in [-0.3, -0.25) is 9.69 Å². The largest absolute Gasteiger partial charge is 0.454 e. The zero-order chi connectivity index (χ0) is 21.5. The molecule has 3 N–H and O–H groups in total. The van der Waals surface area contributed by atoms with Crippen LogP contribution in [0.5, 0.6) is 0 Å². The number of hydrogen-bond acceptors (Lipinski definition) is 4. The quantitative estimate of drug-likeness (QED) is 0.540. The smallest absolute Gasteiger partial charge is 0.284 e. The van der Waals surface area contributed by atoms with Gasteiger partial charge in [0.1, 0.15) is 12.3 Å². The summed E-state index contributed by atoms with van der Waals surface area (Å²) in [5.41, 5.74) is 7.98. The van der Waals surface area contributed by atoms with Gasteiger partial charge >= 0.3 is 0 Å². The van der Waals surface area contributed by atoms with Crippen LogP contribution < -0.4 is 11.1 Å². The van der Waals surface area contributed by atoms with Crippen LogP contribution in [0.1, 0.15) is 54.1 Å². The van der Waals surface area contributed by atoms with Gasteiger partial charge in [0, 0.05) is 39.3 Å². The lowest BCUT2D eigenvalue weighted by Crippen LogP contribution is -2.52. The molecule has 1 saturated heterocycles. The topological polar surface area (TPSA) is 87.1 Å². The molecule has 3 rings (SSSR count). The zero-order valence-corrected chi connectivity index (χ0v) is 18.2. The molecule has 2 aromatic rings. The monoisotopic (exact) mass is 411 g/mol. The van der Waals surface area contributed by atoms with E-state index < -0.39 is 5.91 Å². The number of nitrogens with one attached hydrogen (secondary N) is 1. The number of amides is 1. The van der Waals surface area contributed by atoms with Crippen LogP contribution in [0.15, 0.2) is 45.8 Å². The third kappa shape index (κ3) is 5.86. The maximum atomic E-state index is 11.2. The lowest BCUT2D eigenvalue weighted by atomic mass is 10.0. The Bertz CT molecular complexity index is 849. The SMILES string of the molecule is CCNC(=NCc1ccc(C(N)=O)o1)N1CCN(Cc2ccc(C(C)C)cc2)CC1. The zero-order valence-electron chi connectivity index (χ0n) is 18.2. The van der Waals surface area contributed by atoms with E-state index in [1.807, 2.05) is 0 Å². The average Bonchev–Trinajstić information content (AvgIpc) is 3.22. The van der Waals surface area contributed by atoms with Gasteiger partial charge < -0.3 is 20.4 Å². The number of nitrogens with two attached hydrogens (primary N) is 1. The van der Waals surface area contributed by atoms with E-state index in [1.54, 1.807) is 12.1 Å². The van der Waals surface area contributed by atoms with Crippen molar-refractivity contribution in [3.63, 3.8) is 0 Å². The minimum absolute atomic E-state index is 0.167. The number of nitrogens with zero attached hydrogens (tertiary/aromatic N) is 3. The number of benzene rings is 1. The van der Waals surface area contributed by atoms with Crippen LogP contribution in [0.4, 0.5) is 0 Å². The molecule has 0 radical (unpaired) electrons. The van der Waals surface area contributed by atoms with Gasteiger partial charge in [0.05, 0.1) is 0 Å². The fourth-order valence-corrected chi connectivity index (χ4v) is 3.56. The van der Waals surface area contributed by atoms with Crippen LogP contribution in [-0.2, 0) is 13.1 Å². The Labute approximate surface area is 178 Å². The number of carbonyl (C=O) groups excluding carboxylic acids is 1. The second-order valence-electron chi connectivity index (χ2n) is 7.96. The van der Waals surface area contributed by atoms with Crippen molar-refractivity contribution in [3.8, 4) is 0 Å². The van der Waals surface area contributed by atoms with E-state index in [1.165, 1.54) is 11.1 Å². The van der Waals surface area contributed by atoms with Crippen molar-refractivity contribution in [1.82, 2.24) is 15.1 Å². The Morgan fingerprint density at radius 2 is 1.83 bits per heavy atom. The van der Waals surface area contributed by atoms with Crippen molar-refractivity contribution in [2.24, 2.45) is 10.7 Å². The highest BCUT2D eigenvalue weighted by molar-refractivity contribution is 5.89. The molecule has 0 unspecified atom stereocenters. The number of carbonyl (C=O) groups is 1. The van der Waals surface area contributed by atoms with Crippen molar-refractivity contribution >= 4 is 11.9 Å². The first-order valence-corrected chi connectivity index (χ1v) is 10.7. The molecular weight excluding hydrogens is 378 g/mol. The van der Waals surface area contributed by atoms with E-state index in [0.717, 1.165) is 45.2 Å². The molecule has 1 aliphatic heterocycles. The molecule has 0 aliphatic carbocycles. The summed E-state index contributed by atoms with van der Waals surface area (Å²) in [5.74, 6) is 1.67. The summed E-state index contributed by atoms with van der Waals surface area (Å²) in [5, 5.41) is 3.36.